The van der Waals surface area contributed by atoms with Crippen molar-refractivity contribution in [3.63, 3.8) is 0 Å². The van der Waals surface area contributed by atoms with E-state index >= 15 is 0 Å². The van der Waals surface area contributed by atoms with E-state index in [1.165, 1.54) is 54.9 Å². The third kappa shape index (κ3) is 3.35. The van der Waals surface area contributed by atoms with Gasteiger partial charge < -0.3 is 5.32 Å². The van der Waals surface area contributed by atoms with Crippen LogP contribution in [0.5, 0.6) is 0 Å². The predicted molar refractivity (Wildman–Crippen MR) is 83.6 cm³/mol. The smallest absolute Gasteiger partial charge is 0.0426 e. The lowest BCUT2D eigenvalue weighted by Gasteiger charge is -2.27. The molecule has 0 spiro atoms. The van der Waals surface area contributed by atoms with Crippen LogP contribution in [-0.4, -0.2) is 12.3 Å². The van der Waals surface area contributed by atoms with Crippen molar-refractivity contribution >= 4 is 11.8 Å². The van der Waals surface area contributed by atoms with Gasteiger partial charge in [0.25, 0.3) is 0 Å². The van der Waals surface area contributed by atoms with E-state index in [0.717, 1.165) is 11.8 Å². The summed E-state index contributed by atoms with van der Waals surface area (Å²) < 4.78 is 0. The first kappa shape index (κ1) is 13.5. The predicted octanol–water partition coefficient (Wildman–Crippen LogP) is 4.64. The van der Waals surface area contributed by atoms with Crippen LogP contribution in [0.25, 0.3) is 0 Å². The summed E-state index contributed by atoms with van der Waals surface area (Å²) >= 11 is 2.00. The second kappa shape index (κ2) is 6.32. The summed E-state index contributed by atoms with van der Waals surface area (Å²) in [7, 11) is 0. The van der Waals surface area contributed by atoms with Crippen molar-refractivity contribution in [3.05, 3.63) is 29.8 Å². The van der Waals surface area contributed by atoms with Crippen LogP contribution in [0, 0.1) is 11.8 Å². The lowest BCUT2D eigenvalue weighted by Crippen LogP contribution is -2.25. The van der Waals surface area contributed by atoms with E-state index in [2.05, 4.69) is 36.5 Å². The van der Waals surface area contributed by atoms with E-state index in [4.69, 9.17) is 0 Å². The number of benzene rings is 1. The normalized spacial score (nSPS) is 30.3. The van der Waals surface area contributed by atoms with Crippen molar-refractivity contribution in [2.75, 3.05) is 12.3 Å². The minimum absolute atomic E-state index is 0.585. The highest BCUT2D eigenvalue weighted by atomic mass is 32.2. The molecule has 0 bridgehead atoms. The topological polar surface area (TPSA) is 12.0 Å². The highest BCUT2D eigenvalue weighted by Crippen LogP contribution is 2.38. The summed E-state index contributed by atoms with van der Waals surface area (Å²) in [4.78, 5) is 1.48. The van der Waals surface area contributed by atoms with Gasteiger partial charge >= 0.3 is 0 Å². The molecule has 1 heterocycles. The van der Waals surface area contributed by atoms with E-state index in [1.54, 1.807) is 0 Å². The van der Waals surface area contributed by atoms with E-state index in [9.17, 15) is 0 Å². The molecule has 0 amide bonds. The lowest BCUT2D eigenvalue weighted by atomic mass is 9.81. The molecule has 0 saturated heterocycles. The standard InChI is InChI=1S/C17H25NS/c1-13-5-4-6-14(11-13)9-10-18-16-12-19-17-8-3-2-7-15(16)17/h2-3,7-8,13-14,16,18H,4-6,9-12H2,1H3. The van der Waals surface area contributed by atoms with Crippen molar-refractivity contribution in [2.45, 2.75) is 50.0 Å². The number of thioether (sulfide) groups is 1. The Kier molecular flexibility index (Phi) is 4.49. The Morgan fingerprint density at radius 2 is 2.16 bits per heavy atom. The molecule has 1 aromatic carbocycles. The lowest BCUT2D eigenvalue weighted by molar-refractivity contribution is 0.266. The Hall–Kier alpha value is -0.470. The number of hydrogen-bond acceptors (Lipinski definition) is 2. The molecular formula is C17H25NS. The quantitative estimate of drug-likeness (QED) is 0.859. The molecule has 1 saturated carbocycles. The van der Waals surface area contributed by atoms with Gasteiger partial charge in [-0.3, -0.25) is 0 Å². The number of hydrogen-bond donors (Lipinski definition) is 1. The fraction of sp³-hybridized carbons (Fsp3) is 0.647. The van der Waals surface area contributed by atoms with Gasteiger partial charge in [0.1, 0.15) is 0 Å². The monoisotopic (exact) mass is 275 g/mol. The average molecular weight is 275 g/mol. The second-order valence-electron chi connectivity index (χ2n) is 6.28. The Balaban J connectivity index is 1.46. The molecule has 1 fully saturated rings. The van der Waals surface area contributed by atoms with Gasteiger partial charge in [-0.15, -0.1) is 11.8 Å². The molecule has 1 aliphatic carbocycles. The molecule has 3 unspecified atom stereocenters. The molecule has 3 atom stereocenters. The summed E-state index contributed by atoms with van der Waals surface area (Å²) in [5.74, 6) is 3.14. The number of fused-ring (bicyclic) bond motifs is 1. The zero-order valence-corrected chi connectivity index (χ0v) is 12.7. The maximum Gasteiger partial charge on any atom is 0.0426 e. The van der Waals surface area contributed by atoms with Crippen LogP contribution in [0.3, 0.4) is 0 Å². The van der Waals surface area contributed by atoms with E-state index in [1.807, 2.05) is 11.8 Å². The van der Waals surface area contributed by atoms with Gasteiger partial charge in [0.05, 0.1) is 0 Å². The Labute approximate surface area is 121 Å². The highest BCUT2D eigenvalue weighted by molar-refractivity contribution is 7.99. The summed E-state index contributed by atoms with van der Waals surface area (Å²) in [6.45, 7) is 3.61. The Bertz CT molecular complexity index is 417. The zero-order valence-electron chi connectivity index (χ0n) is 11.9. The molecule has 1 N–H and O–H groups in total. The van der Waals surface area contributed by atoms with Gasteiger partial charge in [0.2, 0.25) is 0 Å². The van der Waals surface area contributed by atoms with Crippen molar-refractivity contribution in [1.82, 2.24) is 5.32 Å². The molecule has 104 valence electrons. The molecular weight excluding hydrogens is 250 g/mol. The molecule has 3 rings (SSSR count). The van der Waals surface area contributed by atoms with Crippen LogP contribution in [0.4, 0.5) is 0 Å². The third-order valence-electron chi connectivity index (χ3n) is 4.69. The largest absolute Gasteiger partial charge is 0.309 e. The van der Waals surface area contributed by atoms with Crippen LogP contribution < -0.4 is 5.32 Å². The molecule has 1 aliphatic heterocycles. The third-order valence-corrected chi connectivity index (χ3v) is 5.87. The van der Waals surface area contributed by atoms with E-state index in [-0.39, 0.29) is 0 Å². The second-order valence-corrected chi connectivity index (χ2v) is 7.34. The Morgan fingerprint density at radius 3 is 3.05 bits per heavy atom. The highest BCUT2D eigenvalue weighted by Gasteiger charge is 2.23. The van der Waals surface area contributed by atoms with Gasteiger partial charge in [-0.25, -0.2) is 0 Å². The van der Waals surface area contributed by atoms with Gasteiger partial charge in [0.15, 0.2) is 0 Å². The molecule has 1 nitrogen and oxygen atoms in total. The first-order valence-electron chi connectivity index (χ1n) is 7.78. The fourth-order valence-corrected chi connectivity index (χ4v) is 4.81. The first-order valence-corrected chi connectivity index (χ1v) is 8.76. The Morgan fingerprint density at radius 1 is 1.26 bits per heavy atom. The van der Waals surface area contributed by atoms with Gasteiger partial charge in [-0.1, -0.05) is 44.4 Å². The fourth-order valence-electron chi connectivity index (χ4n) is 3.62. The average Bonchev–Trinajstić information content (AvgIpc) is 2.83. The molecule has 19 heavy (non-hydrogen) atoms. The van der Waals surface area contributed by atoms with Crippen molar-refractivity contribution in [1.29, 1.82) is 0 Å². The van der Waals surface area contributed by atoms with Crippen LogP contribution in [0.1, 0.15) is 50.6 Å². The molecule has 0 radical (unpaired) electrons. The van der Waals surface area contributed by atoms with Crippen molar-refractivity contribution in [3.8, 4) is 0 Å². The maximum absolute atomic E-state index is 3.78. The minimum atomic E-state index is 0.585. The molecule has 2 aliphatic rings. The van der Waals surface area contributed by atoms with Gasteiger partial charge in [-0.2, -0.15) is 0 Å². The maximum atomic E-state index is 3.78. The SMILES string of the molecule is CC1CCCC(CCNC2CSc3ccccc32)C1. The summed E-state index contributed by atoms with van der Waals surface area (Å²) in [6.07, 6.45) is 7.19. The molecule has 0 aromatic heterocycles. The summed E-state index contributed by atoms with van der Waals surface area (Å²) in [6, 6.07) is 9.45. The van der Waals surface area contributed by atoms with Crippen LogP contribution in [0.15, 0.2) is 29.2 Å². The van der Waals surface area contributed by atoms with Crippen molar-refractivity contribution < 1.29 is 0 Å². The summed E-state index contributed by atoms with van der Waals surface area (Å²) in [5, 5.41) is 3.78. The number of nitrogens with one attached hydrogen (secondary N) is 1. The van der Waals surface area contributed by atoms with Crippen molar-refractivity contribution in [2.24, 2.45) is 11.8 Å². The van der Waals surface area contributed by atoms with Gasteiger partial charge in [0, 0.05) is 16.7 Å². The molecule has 1 aromatic rings. The number of rotatable bonds is 4. The van der Waals surface area contributed by atoms with Gasteiger partial charge in [-0.05, 0) is 42.9 Å². The molecule has 2 heteroatoms. The van der Waals surface area contributed by atoms with E-state index < -0.39 is 0 Å². The van der Waals surface area contributed by atoms with E-state index in [0.29, 0.717) is 6.04 Å². The van der Waals surface area contributed by atoms with Crippen LogP contribution in [-0.2, 0) is 0 Å². The zero-order chi connectivity index (χ0) is 13.1. The summed E-state index contributed by atoms with van der Waals surface area (Å²) in [5.41, 5.74) is 1.52. The minimum Gasteiger partial charge on any atom is -0.309 e. The first-order chi connectivity index (χ1) is 9.33. The van der Waals surface area contributed by atoms with Crippen LogP contribution >= 0.6 is 11.8 Å². The van der Waals surface area contributed by atoms with Crippen LogP contribution in [0.2, 0.25) is 0 Å².